The predicted molar refractivity (Wildman–Crippen MR) is 133 cm³/mol. The molecule has 0 aromatic carbocycles. The van der Waals surface area contributed by atoms with E-state index in [0.717, 1.165) is 25.0 Å². The van der Waals surface area contributed by atoms with Crippen molar-refractivity contribution in [2.45, 2.75) is 72.0 Å². The molecule has 8 heteroatoms. The third kappa shape index (κ3) is 3.93. The summed E-state index contributed by atoms with van der Waals surface area (Å²) in [4.78, 5) is 21.9. The standard InChI is InChI=1S/C27H40N2O6/c1-7-35-29-23(15-34-17(3)30)27(32)16(2)12-21-20-9-8-18-13-19(28-33-6)10-11-25(18,4)24(20)22(31)14-26(21,27)5/h10-11,13,16,20-22,24,31-32H,7-9,12,14-15H2,1-6H3/b28-19-,29-23+/t16-,20+,21+,22+,24-,25+,26+,27+/m1/s1. The van der Waals surface area contributed by atoms with Crippen molar-refractivity contribution in [1.29, 1.82) is 0 Å². The van der Waals surface area contributed by atoms with Gasteiger partial charge in [0.15, 0.2) is 0 Å². The molecule has 2 N–H and O–H groups in total. The fourth-order valence-electron chi connectivity index (χ4n) is 7.96. The summed E-state index contributed by atoms with van der Waals surface area (Å²) in [5.41, 5.74) is 0.126. The Balaban J connectivity index is 1.72. The third-order valence-corrected chi connectivity index (χ3v) is 9.44. The van der Waals surface area contributed by atoms with Crippen LogP contribution in [-0.2, 0) is 19.2 Å². The van der Waals surface area contributed by atoms with Gasteiger partial charge in [0, 0.05) is 23.7 Å². The maximum absolute atomic E-state index is 12.3. The smallest absolute Gasteiger partial charge is 0.303 e. The molecule has 0 heterocycles. The summed E-state index contributed by atoms with van der Waals surface area (Å²) >= 11 is 0. The number of oxime groups is 2. The summed E-state index contributed by atoms with van der Waals surface area (Å²) in [6, 6.07) is 0. The maximum atomic E-state index is 12.3. The zero-order valence-corrected chi connectivity index (χ0v) is 21.8. The van der Waals surface area contributed by atoms with Crippen LogP contribution in [0.15, 0.2) is 34.1 Å². The van der Waals surface area contributed by atoms with Gasteiger partial charge in [0.2, 0.25) is 0 Å². The number of aliphatic hydroxyl groups excluding tert-OH is 1. The van der Waals surface area contributed by atoms with Gasteiger partial charge in [0.05, 0.1) is 6.10 Å². The molecule has 0 bridgehead atoms. The number of fused-ring (bicyclic) bond motifs is 5. The summed E-state index contributed by atoms with van der Waals surface area (Å²) in [5, 5.41) is 32.4. The Morgan fingerprint density at radius 1 is 1.31 bits per heavy atom. The van der Waals surface area contributed by atoms with Gasteiger partial charge in [-0.3, -0.25) is 4.79 Å². The van der Waals surface area contributed by atoms with Gasteiger partial charge in [0.1, 0.15) is 37.3 Å². The summed E-state index contributed by atoms with van der Waals surface area (Å²) in [6.45, 7) is 9.70. The lowest BCUT2D eigenvalue weighted by molar-refractivity contribution is -0.150. The third-order valence-electron chi connectivity index (χ3n) is 9.44. The molecule has 0 amide bonds. The Morgan fingerprint density at radius 3 is 2.71 bits per heavy atom. The molecule has 194 valence electrons. The molecule has 3 saturated carbocycles. The normalized spacial score (nSPS) is 43.7. The van der Waals surface area contributed by atoms with E-state index in [4.69, 9.17) is 14.4 Å². The van der Waals surface area contributed by atoms with Crippen molar-refractivity contribution in [3.8, 4) is 0 Å². The average Bonchev–Trinajstić information content (AvgIpc) is 3.00. The van der Waals surface area contributed by atoms with Crippen LogP contribution in [0.2, 0.25) is 0 Å². The molecule has 0 aliphatic heterocycles. The maximum Gasteiger partial charge on any atom is 0.303 e. The highest BCUT2D eigenvalue weighted by molar-refractivity contribution is 6.05. The summed E-state index contributed by atoms with van der Waals surface area (Å²) in [5.74, 6) is -0.119. The Hall–Kier alpha value is -2.19. The van der Waals surface area contributed by atoms with Crippen LogP contribution >= 0.6 is 0 Å². The van der Waals surface area contributed by atoms with E-state index in [1.807, 2.05) is 19.9 Å². The van der Waals surface area contributed by atoms with Crippen LogP contribution in [0.1, 0.15) is 60.3 Å². The van der Waals surface area contributed by atoms with Crippen LogP contribution in [0, 0.1) is 34.5 Å². The Morgan fingerprint density at radius 2 is 2.06 bits per heavy atom. The summed E-state index contributed by atoms with van der Waals surface area (Å²) in [7, 11) is 1.54. The van der Waals surface area contributed by atoms with Gasteiger partial charge in [0.25, 0.3) is 0 Å². The van der Waals surface area contributed by atoms with Crippen LogP contribution in [0.4, 0.5) is 0 Å². The van der Waals surface area contributed by atoms with Crippen molar-refractivity contribution >= 4 is 17.4 Å². The fraction of sp³-hybridized carbons (Fsp3) is 0.741. The lowest BCUT2D eigenvalue weighted by atomic mass is 9.46. The van der Waals surface area contributed by atoms with Crippen LogP contribution in [0.25, 0.3) is 0 Å². The molecule has 35 heavy (non-hydrogen) atoms. The van der Waals surface area contributed by atoms with Crippen LogP contribution < -0.4 is 0 Å². The van der Waals surface area contributed by atoms with Crippen molar-refractivity contribution in [1.82, 2.24) is 0 Å². The Labute approximate surface area is 208 Å². The van der Waals surface area contributed by atoms with E-state index in [1.54, 1.807) is 7.11 Å². The van der Waals surface area contributed by atoms with Crippen molar-refractivity contribution in [2.75, 3.05) is 20.3 Å². The number of carbonyl (C=O) groups is 1. The van der Waals surface area contributed by atoms with Gasteiger partial charge in [-0.15, -0.1) is 0 Å². The molecular formula is C27H40N2O6. The van der Waals surface area contributed by atoms with E-state index >= 15 is 0 Å². The molecule has 8 atom stereocenters. The highest BCUT2D eigenvalue weighted by atomic mass is 16.6. The SMILES string of the molecule is CCO/N=C(\COC(C)=O)[C@@]1(O)[C@H](C)C[C@H]2[C@@H]3CCC4=C/C(=N\OC)C=C[C@]4(C)[C@H]3[C@@H](O)C[C@@]21C. The Kier molecular flexibility index (Phi) is 6.92. The van der Waals surface area contributed by atoms with Crippen molar-refractivity contribution in [2.24, 2.45) is 44.8 Å². The van der Waals surface area contributed by atoms with Gasteiger partial charge in [-0.25, -0.2) is 0 Å². The molecule has 0 unspecified atom stereocenters. The molecule has 0 spiro atoms. The summed E-state index contributed by atoms with van der Waals surface area (Å²) < 4.78 is 5.29. The second-order valence-electron chi connectivity index (χ2n) is 11.1. The first-order chi connectivity index (χ1) is 16.5. The number of hydrogen-bond donors (Lipinski definition) is 2. The molecule has 0 radical (unpaired) electrons. The molecule has 4 aliphatic carbocycles. The first-order valence-corrected chi connectivity index (χ1v) is 12.8. The van der Waals surface area contributed by atoms with E-state index in [1.165, 1.54) is 12.5 Å². The average molecular weight is 489 g/mol. The molecule has 0 aromatic rings. The highest BCUT2D eigenvalue weighted by Crippen LogP contribution is 2.68. The molecule has 8 nitrogen and oxygen atoms in total. The number of hydrogen-bond acceptors (Lipinski definition) is 8. The Bertz CT molecular complexity index is 973. The van der Waals surface area contributed by atoms with Gasteiger partial charge in [-0.2, -0.15) is 0 Å². The number of nitrogens with zero attached hydrogens (tertiary/aromatic N) is 2. The van der Waals surface area contributed by atoms with E-state index < -0.39 is 23.1 Å². The van der Waals surface area contributed by atoms with E-state index in [9.17, 15) is 15.0 Å². The van der Waals surface area contributed by atoms with Gasteiger partial charge < -0.3 is 24.6 Å². The topological polar surface area (TPSA) is 110 Å². The highest BCUT2D eigenvalue weighted by Gasteiger charge is 2.70. The molecule has 0 aromatic heterocycles. The lowest BCUT2D eigenvalue weighted by Crippen LogP contribution is -2.63. The van der Waals surface area contributed by atoms with Crippen LogP contribution in [-0.4, -0.2) is 59.6 Å². The quantitative estimate of drug-likeness (QED) is 0.336. The van der Waals surface area contributed by atoms with Gasteiger partial charge >= 0.3 is 5.97 Å². The molecule has 4 aliphatic rings. The fourth-order valence-corrected chi connectivity index (χ4v) is 7.96. The number of carbonyl (C=O) groups excluding carboxylic acids is 1. The minimum Gasteiger partial charge on any atom is -0.459 e. The van der Waals surface area contributed by atoms with E-state index in [0.29, 0.717) is 18.7 Å². The summed E-state index contributed by atoms with van der Waals surface area (Å²) in [6.07, 6.45) is 8.72. The molecular weight excluding hydrogens is 448 g/mol. The molecule has 3 fully saturated rings. The van der Waals surface area contributed by atoms with Crippen molar-refractivity contribution in [3.05, 3.63) is 23.8 Å². The minimum absolute atomic E-state index is 0.0382. The van der Waals surface area contributed by atoms with Crippen molar-refractivity contribution < 1.29 is 29.4 Å². The number of allylic oxidation sites excluding steroid dienone is 4. The molecule has 4 rings (SSSR count). The number of aliphatic hydroxyl groups is 2. The predicted octanol–water partition coefficient (Wildman–Crippen LogP) is 3.63. The lowest BCUT2D eigenvalue weighted by Gasteiger charge is -2.60. The minimum atomic E-state index is -1.36. The zero-order chi connectivity index (χ0) is 25.6. The molecule has 0 saturated heterocycles. The second kappa shape index (κ2) is 9.36. The van der Waals surface area contributed by atoms with Crippen LogP contribution in [0.5, 0.6) is 0 Å². The first-order valence-electron chi connectivity index (χ1n) is 12.8. The van der Waals surface area contributed by atoms with E-state index in [2.05, 4.69) is 36.3 Å². The monoisotopic (exact) mass is 488 g/mol. The number of esters is 1. The largest absolute Gasteiger partial charge is 0.459 e. The zero-order valence-electron chi connectivity index (χ0n) is 21.8. The van der Waals surface area contributed by atoms with Crippen LogP contribution in [0.3, 0.4) is 0 Å². The van der Waals surface area contributed by atoms with E-state index in [-0.39, 0.29) is 35.7 Å². The van der Waals surface area contributed by atoms with Gasteiger partial charge in [-0.05, 0) is 62.5 Å². The second-order valence-corrected chi connectivity index (χ2v) is 11.1. The number of rotatable bonds is 6. The van der Waals surface area contributed by atoms with Gasteiger partial charge in [-0.1, -0.05) is 42.7 Å². The van der Waals surface area contributed by atoms with Crippen molar-refractivity contribution in [3.63, 3.8) is 0 Å². The number of ether oxygens (including phenoxy) is 1. The first kappa shape index (κ1) is 25.9.